The molecule has 1 aromatic heterocycles. The molecule has 5 nitrogen and oxygen atoms in total. The third-order valence-electron chi connectivity index (χ3n) is 3.40. The van der Waals surface area contributed by atoms with E-state index in [9.17, 15) is 4.79 Å². The number of nitrogens with one attached hydrogen (secondary N) is 1. The Morgan fingerprint density at radius 3 is 2.65 bits per heavy atom. The minimum absolute atomic E-state index is 0.0343. The second kappa shape index (κ2) is 8.04. The molecule has 0 unspecified atom stereocenters. The monoisotopic (exact) mass is 336 g/mol. The number of ether oxygens (including phenoxy) is 1. The van der Waals surface area contributed by atoms with Gasteiger partial charge < -0.3 is 14.5 Å². The highest BCUT2D eigenvalue weighted by Crippen LogP contribution is 2.23. The first-order valence-corrected chi connectivity index (χ1v) is 7.72. The first-order valence-electron chi connectivity index (χ1n) is 7.34. The summed E-state index contributed by atoms with van der Waals surface area (Å²) in [5.74, 6) is 1.95. The lowest BCUT2D eigenvalue weighted by atomic mass is 10.2. The summed E-state index contributed by atoms with van der Waals surface area (Å²) in [6, 6.07) is 10.9. The smallest absolute Gasteiger partial charge is 0.258 e. The molecule has 1 atom stereocenters. The highest BCUT2D eigenvalue weighted by atomic mass is 35.5. The fourth-order valence-electron chi connectivity index (χ4n) is 2.14. The summed E-state index contributed by atoms with van der Waals surface area (Å²) in [5.41, 5.74) is 0. The minimum atomic E-state index is -0.208. The number of benzene rings is 1. The van der Waals surface area contributed by atoms with Crippen LogP contribution in [0, 0.1) is 6.92 Å². The molecule has 0 saturated heterocycles. The van der Waals surface area contributed by atoms with E-state index in [-0.39, 0.29) is 18.6 Å². The van der Waals surface area contributed by atoms with Crippen LogP contribution in [-0.2, 0) is 4.79 Å². The molecule has 0 bridgehead atoms. The summed E-state index contributed by atoms with van der Waals surface area (Å²) in [6.07, 6.45) is 0. The normalized spacial score (nSPS) is 12.2. The fraction of sp³-hybridized carbons (Fsp3) is 0.353. The number of carbonyl (C=O) groups excluding carboxylic acids is 1. The number of nitrogens with zero attached hydrogens (tertiary/aromatic N) is 1. The van der Waals surface area contributed by atoms with E-state index in [4.69, 9.17) is 20.8 Å². The number of halogens is 1. The van der Waals surface area contributed by atoms with Crippen LogP contribution in [0.1, 0.15) is 17.6 Å². The molecule has 2 rings (SSSR count). The van der Waals surface area contributed by atoms with E-state index < -0.39 is 0 Å². The van der Waals surface area contributed by atoms with Gasteiger partial charge in [0.05, 0.1) is 11.1 Å². The Kier molecular flexibility index (Phi) is 6.07. The predicted molar refractivity (Wildman–Crippen MR) is 89.8 cm³/mol. The molecule has 6 heteroatoms. The van der Waals surface area contributed by atoms with E-state index >= 15 is 0 Å². The van der Waals surface area contributed by atoms with Crippen molar-refractivity contribution in [3.63, 3.8) is 0 Å². The molecule has 1 aromatic carbocycles. The van der Waals surface area contributed by atoms with Crippen molar-refractivity contribution < 1.29 is 13.9 Å². The fourth-order valence-corrected chi connectivity index (χ4v) is 2.33. The molecule has 0 aliphatic heterocycles. The van der Waals surface area contributed by atoms with Crippen LogP contribution < -0.4 is 10.1 Å². The quantitative estimate of drug-likeness (QED) is 0.844. The minimum Gasteiger partial charge on any atom is -0.482 e. The maximum Gasteiger partial charge on any atom is 0.258 e. The zero-order valence-corrected chi connectivity index (χ0v) is 14.3. The van der Waals surface area contributed by atoms with Crippen molar-refractivity contribution >= 4 is 17.5 Å². The Bertz CT molecular complexity index is 655. The third kappa shape index (κ3) is 5.01. The summed E-state index contributed by atoms with van der Waals surface area (Å²) >= 11 is 5.98. The molecule has 2 aromatic rings. The largest absolute Gasteiger partial charge is 0.482 e. The molecule has 0 aliphatic carbocycles. The number of carbonyl (C=O) groups is 1. The van der Waals surface area contributed by atoms with Gasteiger partial charge in [-0.3, -0.25) is 9.69 Å². The third-order valence-corrected chi connectivity index (χ3v) is 3.71. The van der Waals surface area contributed by atoms with E-state index in [2.05, 4.69) is 5.32 Å². The van der Waals surface area contributed by atoms with Crippen molar-refractivity contribution in [2.75, 3.05) is 27.2 Å². The van der Waals surface area contributed by atoms with Crippen molar-refractivity contribution in [2.24, 2.45) is 0 Å². The molecule has 0 spiro atoms. The molecule has 1 N–H and O–H groups in total. The molecular formula is C17H21ClN2O3. The Hall–Kier alpha value is -1.98. The van der Waals surface area contributed by atoms with Crippen molar-refractivity contribution in [2.45, 2.75) is 13.0 Å². The topological polar surface area (TPSA) is 54.7 Å². The number of furan rings is 1. The van der Waals surface area contributed by atoms with Crippen LogP contribution in [0.3, 0.4) is 0 Å². The highest BCUT2D eigenvalue weighted by molar-refractivity contribution is 6.32. The van der Waals surface area contributed by atoms with Crippen LogP contribution in [0.5, 0.6) is 5.75 Å². The number of rotatable bonds is 7. The molecule has 124 valence electrons. The van der Waals surface area contributed by atoms with E-state index in [1.54, 1.807) is 18.2 Å². The molecule has 0 fully saturated rings. The maximum absolute atomic E-state index is 12.0. The average Bonchev–Trinajstić information content (AvgIpc) is 2.92. The van der Waals surface area contributed by atoms with Gasteiger partial charge in [0.2, 0.25) is 0 Å². The maximum atomic E-state index is 12.0. The van der Waals surface area contributed by atoms with Crippen LogP contribution in [0.25, 0.3) is 0 Å². The van der Waals surface area contributed by atoms with Crippen LogP contribution in [0.4, 0.5) is 0 Å². The zero-order chi connectivity index (χ0) is 16.8. The number of para-hydroxylation sites is 1. The lowest BCUT2D eigenvalue weighted by Crippen LogP contribution is -2.36. The summed E-state index contributed by atoms with van der Waals surface area (Å²) in [4.78, 5) is 14.0. The first-order chi connectivity index (χ1) is 11.0. The second-order valence-electron chi connectivity index (χ2n) is 5.45. The number of likely N-dealkylation sites (N-methyl/N-ethyl adjacent to an activating group) is 1. The van der Waals surface area contributed by atoms with Crippen molar-refractivity contribution in [3.05, 3.63) is 52.9 Å². The Morgan fingerprint density at radius 1 is 1.30 bits per heavy atom. The number of amides is 1. The van der Waals surface area contributed by atoms with Crippen molar-refractivity contribution in [1.29, 1.82) is 0 Å². The summed E-state index contributed by atoms with van der Waals surface area (Å²) in [5, 5.41) is 3.34. The first kappa shape index (κ1) is 17.4. The van der Waals surface area contributed by atoms with Gasteiger partial charge in [-0.05, 0) is 45.3 Å². The second-order valence-corrected chi connectivity index (χ2v) is 5.86. The Morgan fingerprint density at radius 2 is 2.04 bits per heavy atom. The van der Waals surface area contributed by atoms with Gasteiger partial charge in [0.25, 0.3) is 5.91 Å². The van der Waals surface area contributed by atoms with Gasteiger partial charge in [-0.15, -0.1) is 0 Å². The Balaban J connectivity index is 1.86. The van der Waals surface area contributed by atoms with E-state index in [1.165, 1.54) is 0 Å². The van der Waals surface area contributed by atoms with Gasteiger partial charge in [-0.2, -0.15) is 0 Å². The number of hydrogen-bond donors (Lipinski definition) is 1. The highest BCUT2D eigenvalue weighted by Gasteiger charge is 2.18. The molecule has 0 aliphatic rings. The molecule has 1 amide bonds. The van der Waals surface area contributed by atoms with Crippen LogP contribution in [-0.4, -0.2) is 38.1 Å². The Labute approximate surface area is 141 Å². The number of aryl methyl sites for hydroxylation is 1. The van der Waals surface area contributed by atoms with Gasteiger partial charge >= 0.3 is 0 Å². The van der Waals surface area contributed by atoms with E-state index in [0.717, 1.165) is 11.5 Å². The standard InChI is InChI=1S/C17H21ClN2O3/c1-12-8-9-16(23-12)14(20(2)3)10-19-17(21)11-22-15-7-5-4-6-13(15)18/h4-9,14H,10-11H2,1-3H3,(H,19,21)/t14-/m0/s1. The molecule has 1 heterocycles. The van der Waals surface area contributed by atoms with Gasteiger partial charge in [0.1, 0.15) is 17.3 Å². The lowest BCUT2D eigenvalue weighted by molar-refractivity contribution is -0.123. The number of hydrogen-bond acceptors (Lipinski definition) is 4. The summed E-state index contributed by atoms with van der Waals surface area (Å²) in [6.45, 7) is 2.25. The van der Waals surface area contributed by atoms with Gasteiger partial charge in [-0.1, -0.05) is 23.7 Å². The van der Waals surface area contributed by atoms with Gasteiger partial charge in [0, 0.05) is 6.54 Å². The molecule has 0 radical (unpaired) electrons. The summed E-state index contributed by atoms with van der Waals surface area (Å²) < 4.78 is 11.1. The van der Waals surface area contributed by atoms with Crippen LogP contribution in [0.2, 0.25) is 5.02 Å². The molecule has 0 saturated carbocycles. The van der Waals surface area contributed by atoms with Crippen LogP contribution >= 0.6 is 11.6 Å². The lowest BCUT2D eigenvalue weighted by Gasteiger charge is -2.22. The van der Waals surface area contributed by atoms with E-state index in [1.807, 2.05) is 44.1 Å². The van der Waals surface area contributed by atoms with Gasteiger partial charge in [-0.25, -0.2) is 0 Å². The average molecular weight is 337 g/mol. The molecule has 23 heavy (non-hydrogen) atoms. The zero-order valence-electron chi connectivity index (χ0n) is 13.5. The van der Waals surface area contributed by atoms with Crippen molar-refractivity contribution in [3.8, 4) is 5.75 Å². The van der Waals surface area contributed by atoms with Crippen molar-refractivity contribution in [1.82, 2.24) is 10.2 Å². The predicted octanol–water partition coefficient (Wildman–Crippen LogP) is 3.04. The van der Waals surface area contributed by atoms with Crippen LogP contribution in [0.15, 0.2) is 40.8 Å². The molecular weight excluding hydrogens is 316 g/mol. The van der Waals surface area contributed by atoms with E-state index in [0.29, 0.717) is 17.3 Å². The van der Waals surface area contributed by atoms with Gasteiger partial charge in [0.15, 0.2) is 6.61 Å². The summed E-state index contributed by atoms with van der Waals surface area (Å²) in [7, 11) is 3.88. The SMILES string of the molecule is Cc1ccc([C@H](CNC(=O)COc2ccccc2Cl)N(C)C)o1.